The number of fused-ring (bicyclic) bond motifs is 1. The van der Waals surface area contributed by atoms with Gasteiger partial charge in [0.15, 0.2) is 0 Å². The zero-order valence-electron chi connectivity index (χ0n) is 12.7. The molecular weight excluding hydrogens is 319 g/mol. The van der Waals surface area contributed by atoms with Gasteiger partial charge in [0, 0.05) is 17.9 Å². The zero-order valence-corrected chi connectivity index (χ0v) is 12.7. The minimum Gasteiger partial charge on any atom is -0.327 e. The third-order valence-electron chi connectivity index (χ3n) is 4.05. The molecule has 7 heteroatoms. The molecule has 3 rings (SSSR count). The van der Waals surface area contributed by atoms with Crippen LogP contribution in [0.25, 0.3) is 0 Å². The molecule has 1 aliphatic rings. The topological polar surface area (TPSA) is 68.0 Å². The van der Waals surface area contributed by atoms with Crippen LogP contribution >= 0.6 is 0 Å². The molecule has 0 bridgehead atoms. The second-order valence-electron chi connectivity index (χ2n) is 5.87. The lowest BCUT2D eigenvalue weighted by Gasteiger charge is -2.22. The predicted octanol–water partition coefficient (Wildman–Crippen LogP) is 3.17. The van der Waals surface area contributed by atoms with Gasteiger partial charge in [-0.25, -0.2) is 0 Å². The van der Waals surface area contributed by atoms with Gasteiger partial charge in [-0.05, 0) is 54.7 Å². The molecular formula is C17H16F3N3O. The first-order valence-corrected chi connectivity index (χ1v) is 7.55. The lowest BCUT2D eigenvalue weighted by Crippen LogP contribution is -2.27. The number of halogens is 3. The molecule has 0 aliphatic heterocycles. The number of rotatable bonds is 2. The number of alkyl halides is 3. The van der Waals surface area contributed by atoms with Crippen LogP contribution in [0.1, 0.15) is 33.6 Å². The van der Waals surface area contributed by atoms with E-state index in [1.54, 1.807) is 6.07 Å². The Hall–Kier alpha value is -2.41. The van der Waals surface area contributed by atoms with Gasteiger partial charge < -0.3 is 11.1 Å². The van der Waals surface area contributed by atoms with Gasteiger partial charge in [-0.2, -0.15) is 13.2 Å². The minimum atomic E-state index is -4.52. The van der Waals surface area contributed by atoms with Gasteiger partial charge in [0.1, 0.15) is 5.69 Å². The molecule has 0 saturated carbocycles. The first-order chi connectivity index (χ1) is 11.3. The van der Waals surface area contributed by atoms with Crippen molar-refractivity contribution in [2.75, 3.05) is 5.32 Å². The number of anilines is 1. The summed E-state index contributed by atoms with van der Waals surface area (Å²) in [5.74, 6) is -0.497. The molecule has 0 saturated heterocycles. The average Bonchev–Trinajstić information content (AvgIpc) is 2.54. The Balaban J connectivity index is 1.73. The molecule has 1 unspecified atom stereocenters. The smallest absolute Gasteiger partial charge is 0.327 e. The SMILES string of the molecule is NC1CCc2cc(NC(=O)c3ccc(C(F)(F)F)nc3)ccc2C1. The first-order valence-electron chi connectivity index (χ1n) is 7.55. The van der Waals surface area contributed by atoms with E-state index in [0.717, 1.165) is 43.2 Å². The third-order valence-corrected chi connectivity index (χ3v) is 4.05. The molecule has 1 atom stereocenters. The lowest BCUT2D eigenvalue weighted by molar-refractivity contribution is -0.141. The Morgan fingerprint density at radius 2 is 2.00 bits per heavy atom. The quantitative estimate of drug-likeness (QED) is 0.886. The number of carbonyl (C=O) groups is 1. The summed E-state index contributed by atoms with van der Waals surface area (Å²) in [5.41, 5.74) is 7.89. The maximum atomic E-state index is 12.5. The largest absolute Gasteiger partial charge is 0.433 e. The van der Waals surface area contributed by atoms with Gasteiger partial charge >= 0.3 is 6.18 Å². The van der Waals surface area contributed by atoms with Crippen molar-refractivity contribution in [1.29, 1.82) is 0 Å². The monoisotopic (exact) mass is 335 g/mol. The molecule has 24 heavy (non-hydrogen) atoms. The highest BCUT2D eigenvalue weighted by atomic mass is 19.4. The minimum absolute atomic E-state index is 0.0720. The van der Waals surface area contributed by atoms with Crippen LogP contribution in [0.2, 0.25) is 0 Å². The van der Waals surface area contributed by atoms with Crippen LogP contribution in [0.5, 0.6) is 0 Å². The van der Waals surface area contributed by atoms with Crippen molar-refractivity contribution < 1.29 is 18.0 Å². The number of pyridine rings is 1. The molecule has 0 spiro atoms. The zero-order chi connectivity index (χ0) is 17.3. The third kappa shape index (κ3) is 3.56. The fraction of sp³-hybridized carbons (Fsp3) is 0.294. The number of nitrogens with zero attached hydrogens (tertiary/aromatic N) is 1. The van der Waals surface area contributed by atoms with Crippen LogP contribution in [-0.2, 0) is 19.0 Å². The fourth-order valence-electron chi connectivity index (χ4n) is 2.76. The van der Waals surface area contributed by atoms with E-state index >= 15 is 0 Å². The number of benzene rings is 1. The summed E-state index contributed by atoms with van der Waals surface area (Å²) in [6, 6.07) is 7.65. The number of nitrogens with one attached hydrogen (secondary N) is 1. The van der Waals surface area contributed by atoms with Crippen LogP contribution in [-0.4, -0.2) is 16.9 Å². The summed E-state index contributed by atoms with van der Waals surface area (Å²) in [5, 5.41) is 2.69. The first kappa shape index (κ1) is 16.4. The molecule has 3 N–H and O–H groups in total. The summed E-state index contributed by atoms with van der Waals surface area (Å²) in [7, 11) is 0. The number of aryl methyl sites for hydroxylation is 1. The summed E-state index contributed by atoms with van der Waals surface area (Å²) in [4.78, 5) is 15.4. The van der Waals surface area contributed by atoms with Crippen molar-refractivity contribution in [2.24, 2.45) is 5.73 Å². The van der Waals surface area contributed by atoms with Gasteiger partial charge in [-0.3, -0.25) is 9.78 Å². The van der Waals surface area contributed by atoms with Gasteiger partial charge in [0.25, 0.3) is 5.91 Å². The van der Waals surface area contributed by atoms with E-state index in [-0.39, 0.29) is 11.6 Å². The maximum Gasteiger partial charge on any atom is 0.433 e. The molecule has 1 amide bonds. The highest BCUT2D eigenvalue weighted by Gasteiger charge is 2.32. The molecule has 2 aromatic rings. The van der Waals surface area contributed by atoms with E-state index in [4.69, 9.17) is 5.73 Å². The van der Waals surface area contributed by atoms with Crippen LogP contribution in [0.4, 0.5) is 18.9 Å². The van der Waals surface area contributed by atoms with Gasteiger partial charge in [0.05, 0.1) is 5.56 Å². The Morgan fingerprint density at radius 3 is 2.67 bits per heavy atom. The van der Waals surface area contributed by atoms with E-state index in [1.807, 2.05) is 12.1 Å². The van der Waals surface area contributed by atoms with E-state index in [0.29, 0.717) is 5.69 Å². The number of aromatic nitrogens is 1. The van der Waals surface area contributed by atoms with Crippen molar-refractivity contribution in [3.63, 3.8) is 0 Å². The predicted molar refractivity (Wildman–Crippen MR) is 83.6 cm³/mol. The van der Waals surface area contributed by atoms with Gasteiger partial charge in [0.2, 0.25) is 0 Å². The van der Waals surface area contributed by atoms with Crippen LogP contribution < -0.4 is 11.1 Å². The van der Waals surface area contributed by atoms with Crippen LogP contribution in [0.15, 0.2) is 36.5 Å². The van der Waals surface area contributed by atoms with Crippen molar-refractivity contribution in [3.8, 4) is 0 Å². The number of hydrogen-bond acceptors (Lipinski definition) is 3. The highest BCUT2D eigenvalue weighted by Crippen LogP contribution is 2.27. The van der Waals surface area contributed by atoms with Crippen molar-refractivity contribution in [2.45, 2.75) is 31.5 Å². The summed E-state index contributed by atoms with van der Waals surface area (Å²) in [6.45, 7) is 0. The number of hydrogen-bond donors (Lipinski definition) is 2. The van der Waals surface area contributed by atoms with Gasteiger partial charge in [-0.1, -0.05) is 6.07 Å². The summed E-state index contributed by atoms with van der Waals surface area (Å²) < 4.78 is 37.5. The van der Waals surface area contributed by atoms with Gasteiger partial charge in [-0.15, -0.1) is 0 Å². The lowest BCUT2D eigenvalue weighted by atomic mass is 9.88. The summed E-state index contributed by atoms with van der Waals surface area (Å²) >= 11 is 0. The Labute approximate surface area is 136 Å². The molecule has 1 heterocycles. The molecule has 4 nitrogen and oxygen atoms in total. The van der Waals surface area contributed by atoms with Crippen LogP contribution in [0.3, 0.4) is 0 Å². The normalized spacial score (nSPS) is 17.2. The molecule has 0 radical (unpaired) electrons. The number of nitrogens with two attached hydrogens (primary N) is 1. The van der Waals surface area contributed by atoms with Crippen molar-refractivity contribution in [1.82, 2.24) is 4.98 Å². The van der Waals surface area contributed by atoms with Crippen LogP contribution in [0, 0.1) is 0 Å². The van der Waals surface area contributed by atoms with Crippen molar-refractivity contribution in [3.05, 3.63) is 58.9 Å². The standard InChI is InChI=1S/C17H16F3N3O/c18-17(19,20)15-6-3-12(9-22-15)16(24)23-14-5-2-10-7-13(21)4-1-11(10)8-14/h2-3,5-6,8-9,13H,1,4,7,21H2,(H,23,24). The Bertz CT molecular complexity index is 757. The highest BCUT2D eigenvalue weighted by molar-refractivity contribution is 6.04. The molecule has 1 aromatic heterocycles. The van der Waals surface area contributed by atoms with Crippen molar-refractivity contribution >= 4 is 11.6 Å². The second-order valence-corrected chi connectivity index (χ2v) is 5.87. The number of carbonyl (C=O) groups excluding carboxylic acids is 1. The molecule has 1 aliphatic carbocycles. The molecule has 126 valence electrons. The summed E-state index contributed by atoms with van der Waals surface area (Å²) in [6.07, 6.45) is -1.04. The number of amides is 1. The Kier molecular flexibility index (Phi) is 4.28. The molecule has 1 aromatic carbocycles. The molecule has 0 fully saturated rings. The maximum absolute atomic E-state index is 12.5. The van der Waals surface area contributed by atoms with E-state index in [1.165, 1.54) is 5.56 Å². The van der Waals surface area contributed by atoms with E-state index in [9.17, 15) is 18.0 Å². The average molecular weight is 335 g/mol. The van der Waals surface area contributed by atoms with E-state index < -0.39 is 17.8 Å². The second kappa shape index (κ2) is 6.24. The Morgan fingerprint density at radius 1 is 1.21 bits per heavy atom. The van der Waals surface area contributed by atoms with E-state index in [2.05, 4.69) is 10.3 Å². The fourth-order valence-corrected chi connectivity index (χ4v) is 2.76.